The summed E-state index contributed by atoms with van der Waals surface area (Å²) >= 11 is 0. The molecule has 1 aliphatic heterocycles. The van der Waals surface area contributed by atoms with E-state index in [-0.39, 0.29) is 0 Å². The van der Waals surface area contributed by atoms with Crippen molar-refractivity contribution in [2.45, 2.75) is 44.2 Å². The van der Waals surface area contributed by atoms with Crippen LogP contribution < -0.4 is 5.32 Å². The number of rotatable bonds is 3. The lowest BCUT2D eigenvalue weighted by Gasteiger charge is -2.49. The van der Waals surface area contributed by atoms with Crippen LogP contribution in [-0.2, 0) is 6.54 Å². The molecule has 1 saturated carbocycles. The van der Waals surface area contributed by atoms with Gasteiger partial charge < -0.3 is 14.3 Å². The molecule has 0 amide bonds. The number of hydrogen-bond donors (Lipinski definition) is 1. The third kappa shape index (κ3) is 2.59. The van der Waals surface area contributed by atoms with Gasteiger partial charge in [-0.3, -0.25) is 4.90 Å². The average molecular weight is 301 g/mol. The molecule has 5 nitrogen and oxygen atoms in total. The van der Waals surface area contributed by atoms with Crippen LogP contribution in [0.4, 0.5) is 0 Å². The second kappa shape index (κ2) is 5.89. The van der Waals surface area contributed by atoms with Gasteiger partial charge in [-0.2, -0.15) is 0 Å². The van der Waals surface area contributed by atoms with E-state index < -0.39 is 0 Å². The number of piperazine rings is 1. The van der Waals surface area contributed by atoms with Crippen molar-refractivity contribution in [3.05, 3.63) is 30.2 Å². The number of nitrogens with one attached hydrogen (secondary N) is 1. The second-order valence-electron chi connectivity index (χ2n) is 6.54. The van der Waals surface area contributed by atoms with Crippen LogP contribution in [0, 0.1) is 0 Å². The first kappa shape index (κ1) is 14.0. The molecule has 2 aliphatic rings. The van der Waals surface area contributed by atoms with Gasteiger partial charge in [-0.1, -0.05) is 24.4 Å². The Kier molecular flexibility index (Phi) is 3.76. The smallest absolute Gasteiger partial charge is 0.202 e. The van der Waals surface area contributed by atoms with Gasteiger partial charge in [0.15, 0.2) is 5.76 Å². The molecular formula is C17H23N3O2. The molecule has 0 unspecified atom stereocenters. The molecule has 1 aliphatic carbocycles. The monoisotopic (exact) mass is 301 g/mol. The van der Waals surface area contributed by atoms with Crippen molar-refractivity contribution < 1.29 is 8.94 Å². The van der Waals surface area contributed by atoms with Crippen molar-refractivity contribution in [3.8, 4) is 11.5 Å². The van der Waals surface area contributed by atoms with Gasteiger partial charge in [0.05, 0.1) is 12.0 Å². The summed E-state index contributed by atoms with van der Waals surface area (Å²) in [5, 5.41) is 7.84. The molecule has 0 aromatic carbocycles. The van der Waals surface area contributed by atoms with Gasteiger partial charge in [0.2, 0.25) is 5.76 Å². The maximum absolute atomic E-state index is 5.44. The van der Waals surface area contributed by atoms with Gasteiger partial charge in [-0.15, -0.1) is 0 Å². The zero-order chi connectivity index (χ0) is 14.8. The maximum atomic E-state index is 5.44. The molecule has 3 heterocycles. The van der Waals surface area contributed by atoms with E-state index in [9.17, 15) is 0 Å². The molecule has 2 aromatic heterocycles. The Morgan fingerprint density at radius 1 is 1.23 bits per heavy atom. The van der Waals surface area contributed by atoms with Crippen LogP contribution in [0.5, 0.6) is 0 Å². The lowest BCUT2D eigenvalue weighted by molar-refractivity contribution is 0.0193. The summed E-state index contributed by atoms with van der Waals surface area (Å²) in [6, 6.07) is 5.78. The van der Waals surface area contributed by atoms with Crippen LogP contribution in [0.2, 0.25) is 0 Å². The fraction of sp³-hybridized carbons (Fsp3) is 0.588. The molecule has 2 aromatic rings. The molecule has 5 heteroatoms. The van der Waals surface area contributed by atoms with E-state index in [4.69, 9.17) is 8.94 Å². The van der Waals surface area contributed by atoms with Crippen molar-refractivity contribution in [1.29, 1.82) is 0 Å². The molecular weight excluding hydrogens is 278 g/mol. The maximum Gasteiger partial charge on any atom is 0.202 e. The predicted molar refractivity (Wildman–Crippen MR) is 83.3 cm³/mol. The molecule has 118 valence electrons. The fourth-order valence-electron chi connectivity index (χ4n) is 3.95. The summed E-state index contributed by atoms with van der Waals surface area (Å²) < 4.78 is 10.8. The number of furan rings is 1. The first-order valence-corrected chi connectivity index (χ1v) is 8.31. The lowest BCUT2D eigenvalue weighted by Crippen LogP contribution is -2.61. The van der Waals surface area contributed by atoms with E-state index in [2.05, 4.69) is 15.4 Å². The predicted octanol–water partition coefficient (Wildman–Crippen LogP) is 3.04. The average Bonchev–Trinajstić information content (AvgIpc) is 3.22. The van der Waals surface area contributed by atoms with Crippen molar-refractivity contribution in [3.63, 3.8) is 0 Å². The van der Waals surface area contributed by atoms with Crippen LogP contribution >= 0.6 is 0 Å². The first-order chi connectivity index (χ1) is 10.9. The van der Waals surface area contributed by atoms with E-state index in [0.717, 1.165) is 37.6 Å². The van der Waals surface area contributed by atoms with Crippen molar-refractivity contribution in [2.75, 3.05) is 19.6 Å². The first-order valence-electron chi connectivity index (χ1n) is 8.31. The lowest BCUT2D eigenvalue weighted by atomic mass is 9.79. The van der Waals surface area contributed by atoms with Crippen molar-refractivity contribution >= 4 is 0 Å². The van der Waals surface area contributed by atoms with Gasteiger partial charge in [0.1, 0.15) is 0 Å². The Balaban J connectivity index is 1.51. The van der Waals surface area contributed by atoms with Gasteiger partial charge >= 0.3 is 0 Å². The highest BCUT2D eigenvalue weighted by molar-refractivity contribution is 5.49. The zero-order valence-corrected chi connectivity index (χ0v) is 12.9. The molecule has 4 rings (SSSR count). The summed E-state index contributed by atoms with van der Waals surface area (Å²) in [5.41, 5.74) is 1.32. The summed E-state index contributed by atoms with van der Waals surface area (Å²) in [4.78, 5) is 2.62. The molecule has 0 radical (unpaired) electrons. The van der Waals surface area contributed by atoms with Gasteiger partial charge in [-0.25, -0.2) is 0 Å². The topological polar surface area (TPSA) is 54.4 Å². The largest absolute Gasteiger partial charge is 0.461 e. The highest BCUT2D eigenvalue weighted by atomic mass is 16.5. The summed E-state index contributed by atoms with van der Waals surface area (Å²) in [7, 11) is 0. The Labute approximate surface area is 130 Å². The Morgan fingerprint density at radius 3 is 2.95 bits per heavy atom. The van der Waals surface area contributed by atoms with Crippen LogP contribution in [0.15, 0.2) is 33.4 Å². The minimum absolute atomic E-state index is 0.320. The van der Waals surface area contributed by atoms with Crippen molar-refractivity contribution in [1.82, 2.24) is 15.4 Å². The van der Waals surface area contributed by atoms with E-state index in [0.29, 0.717) is 11.3 Å². The van der Waals surface area contributed by atoms with Gasteiger partial charge in [-0.05, 0) is 25.0 Å². The number of nitrogens with zero attached hydrogens (tertiary/aromatic N) is 2. The fourth-order valence-corrected chi connectivity index (χ4v) is 3.95. The van der Waals surface area contributed by atoms with Gasteiger partial charge in [0, 0.05) is 37.8 Å². The molecule has 1 saturated heterocycles. The van der Waals surface area contributed by atoms with Crippen molar-refractivity contribution in [2.24, 2.45) is 0 Å². The summed E-state index contributed by atoms with van der Waals surface area (Å²) in [6.07, 6.45) is 8.31. The minimum Gasteiger partial charge on any atom is -0.461 e. The quantitative estimate of drug-likeness (QED) is 0.944. The van der Waals surface area contributed by atoms with E-state index in [1.54, 1.807) is 6.26 Å². The van der Waals surface area contributed by atoms with E-state index in [1.165, 1.54) is 32.1 Å². The van der Waals surface area contributed by atoms with E-state index >= 15 is 0 Å². The van der Waals surface area contributed by atoms with Crippen LogP contribution in [0.25, 0.3) is 11.5 Å². The molecule has 0 atom stereocenters. The second-order valence-corrected chi connectivity index (χ2v) is 6.54. The van der Waals surface area contributed by atoms with Crippen LogP contribution in [-0.4, -0.2) is 35.2 Å². The summed E-state index contributed by atoms with van der Waals surface area (Å²) in [5.74, 6) is 1.46. The SMILES string of the molecule is c1coc(-c2cc(CN3CCNCC34CCCCC4)no2)c1. The Bertz CT molecular complexity index is 591. The highest BCUT2D eigenvalue weighted by Gasteiger charge is 2.39. The third-order valence-corrected chi connectivity index (χ3v) is 5.14. The molecule has 1 N–H and O–H groups in total. The minimum atomic E-state index is 0.320. The highest BCUT2D eigenvalue weighted by Crippen LogP contribution is 2.35. The summed E-state index contributed by atoms with van der Waals surface area (Å²) in [6.45, 7) is 4.12. The van der Waals surface area contributed by atoms with Crippen LogP contribution in [0.3, 0.4) is 0 Å². The Hall–Kier alpha value is -1.59. The molecule has 22 heavy (non-hydrogen) atoms. The number of hydrogen-bond acceptors (Lipinski definition) is 5. The van der Waals surface area contributed by atoms with E-state index in [1.807, 2.05) is 18.2 Å². The number of aromatic nitrogens is 1. The van der Waals surface area contributed by atoms with Crippen LogP contribution in [0.1, 0.15) is 37.8 Å². The molecule has 1 spiro atoms. The van der Waals surface area contributed by atoms with Gasteiger partial charge in [0.25, 0.3) is 0 Å². The Morgan fingerprint density at radius 2 is 2.14 bits per heavy atom. The molecule has 2 fully saturated rings. The standard InChI is InChI=1S/C17H23N3O2/c1-2-6-17(7-3-1)13-18-8-9-20(17)12-14-11-16(22-19-14)15-5-4-10-21-15/h4-5,10-11,18H,1-3,6-9,12-13H2. The normalized spacial score (nSPS) is 22.2. The zero-order valence-electron chi connectivity index (χ0n) is 12.9. The molecule has 0 bridgehead atoms. The third-order valence-electron chi connectivity index (χ3n) is 5.14.